The first-order valence-electron chi connectivity index (χ1n) is 10.4. The largest absolute Gasteiger partial charge is 0.368 e. The van der Waals surface area contributed by atoms with Gasteiger partial charge < -0.3 is 9.80 Å². The summed E-state index contributed by atoms with van der Waals surface area (Å²) in [6.45, 7) is 8.55. The molecule has 1 aliphatic heterocycles. The van der Waals surface area contributed by atoms with Gasteiger partial charge in [-0.1, -0.05) is 54.4 Å². The summed E-state index contributed by atoms with van der Waals surface area (Å²) in [6, 6.07) is 15.4. The van der Waals surface area contributed by atoms with E-state index in [0.717, 1.165) is 69.9 Å². The van der Waals surface area contributed by atoms with E-state index in [4.69, 9.17) is 23.2 Å². The molecule has 1 aliphatic rings. The van der Waals surface area contributed by atoms with Gasteiger partial charge in [-0.25, -0.2) is 0 Å². The van der Waals surface area contributed by atoms with Crippen LogP contribution >= 0.6 is 23.2 Å². The number of hydrogen-bond acceptors (Lipinski definition) is 3. The summed E-state index contributed by atoms with van der Waals surface area (Å²) in [5.41, 5.74) is 1.79. The van der Waals surface area contributed by atoms with Gasteiger partial charge in [0, 0.05) is 44.8 Å². The Labute approximate surface area is 184 Å². The van der Waals surface area contributed by atoms with Gasteiger partial charge in [0.1, 0.15) is 0 Å². The lowest BCUT2D eigenvalue weighted by Gasteiger charge is -2.37. The lowest BCUT2D eigenvalue weighted by molar-refractivity contribution is 0.0747. The van der Waals surface area contributed by atoms with Gasteiger partial charge >= 0.3 is 0 Å². The van der Waals surface area contributed by atoms with E-state index in [0.29, 0.717) is 10.0 Å². The van der Waals surface area contributed by atoms with Crippen LogP contribution in [0.15, 0.2) is 48.5 Å². The Hall–Kier alpha value is -1.75. The molecule has 156 valence electrons. The Bertz CT molecular complexity index is 792. The fourth-order valence-electron chi connectivity index (χ4n) is 3.78. The number of halogens is 2. The third-order valence-electron chi connectivity index (χ3n) is 5.35. The first-order valence-corrected chi connectivity index (χ1v) is 11.1. The molecule has 4 nitrogen and oxygen atoms in total. The maximum absolute atomic E-state index is 12.8. The van der Waals surface area contributed by atoms with Crippen LogP contribution in [0.4, 0.5) is 5.69 Å². The van der Waals surface area contributed by atoms with E-state index >= 15 is 0 Å². The van der Waals surface area contributed by atoms with Gasteiger partial charge in [-0.2, -0.15) is 0 Å². The number of carbonyl (C=O) groups excluding carboxylic acids is 1. The van der Waals surface area contributed by atoms with E-state index in [9.17, 15) is 4.79 Å². The van der Waals surface area contributed by atoms with E-state index < -0.39 is 0 Å². The molecule has 0 bridgehead atoms. The van der Waals surface area contributed by atoms with Crippen molar-refractivity contribution in [1.29, 1.82) is 0 Å². The smallest absolute Gasteiger partial charge is 0.253 e. The summed E-state index contributed by atoms with van der Waals surface area (Å²) in [6.07, 6.45) is 1.95. The SMILES string of the molecule is CCCN(CCCN1CCN(c2cccc(Cl)c2Cl)CC1)C(=O)c1ccccc1. The highest BCUT2D eigenvalue weighted by Gasteiger charge is 2.20. The molecule has 0 aliphatic carbocycles. The minimum Gasteiger partial charge on any atom is -0.368 e. The Kier molecular flexibility index (Phi) is 8.22. The lowest BCUT2D eigenvalue weighted by Crippen LogP contribution is -2.47. The van der Waals surface area contributed by atoms with Crippen molar-refractivity contribution >= 4 is 34.8 Å². The minimum atomic E-state index is 0.132. The zero-order chi connectivity index (χ0) is 20.6. The van der Waals surface area contributed by atoms with Gasteiger partial charge in [-0.3, -0.25) is 9.69 Å². The Balaban J connectivity index is 1.47. The zero-order valence-corrected chi connectivity index (χ0v) is 18.5. The number of hydrogen-bond donors (Lipinski definition) is 0. The lowest BCUT2D eigenvalue weighted by atomic mass is 10.2. The van der Waals surface area contributed by atoms with Crippen LogP contribution in [0, 0.1) is 0 Å². The fraction of sp³-hybridized carbons (Fsp3) is 0.435. The van der Waals surface area contributed by atoms with Crippen LogP contribution in [-0.4, -0.2) is 61.5 Å². The van der Waals surface area contributed by atoms with Gasteiger partial charge in [0.25, 0.3) is 5.91 Å². The monoisotopic (exact) mass is 433 g/mol. The first-order chi connectivity index (χ1) is 14.1. The molecule has 1 heterocycles. The average Bonchev–Trinajstić information content (AvgIpc) is 2.76. The topological polar surface area (TPSA) is 26.8 Å². The summed E-state index contributed by atoms with van der Waals surface area (Å²) < 4.78 is 0. The highest BCUT2D eigenvalue weighted by atomic mass is 35.5. The zero-order valence-electron chi connectivity index (χ0n) is 17.0. The van der Waals surface area contributed by atoms with Gasteiger partial charge in [-0.05, 0) is 43.7 Å². The van der Waals surface area contributed by atoms with Crippen molar-refractivity contribution in [2.24, 2.45) is 0 Å². The highest BCUT2D eigenvalue weighted by Crippen LogP contribution is 2.32. The number of rotatable bonds is 8. The third kappa shape index (κ3) is 5.88. The predicted molar refractivity (Wildman–Crippen MR) is 122 cm³/mol. The van der Waals surface area contributed by atoms with E-state index in [-0.39, 0.29) is 5.91 Å². The van der Waals surface area contributed by atoms with Crippen molar-refractivity contribution in [2.75, 3.05) is 50.7 Å². The molecule has 1 amide bonds. The Morgan fingerprint density at radius 1 is 0.966 bits per heavy atom. The summed E-state index contributed by atoms with van der Waals surface area (Å²) in [5.74, 6) is 0.132. The predicted octanol–water partition coefficient (Wildman–Crippen LogP) is 5.06. The normalized spacial score (nSPS) is 14.8. The molecule has 0 unspecified atom stereocenters. The number of anilines is 1. The van der Waals surface area contributed by atoms with Crippen LogP contribution in [0.3, 0.4) is 0 Å². The molecule has 1 saturated heterocycles. The summed E-state index contributed by atoms with van der Waals surface area (Å²) in [5, 5.41) is 1.24. The second-order valence-corrected chi connectivity index (χ2v) is 8.20. The molecular formula is C23H29Cl2N3O. The van der Waals surface area contributed by atoms with Crippen molar-refractivity contribution in [3.05, 3.63) is 64.1 Å². The number of piperazine rings is 1. The van der Waals surface area contributed by atoms with Crippen molar-refractivity contribution in [3.8, 4) is 0 Å². The fourth-order valence-corrected chi connectivity index (χ4v) is 4.20. The van der Waals surface area contributed by atoms with Crippen LogP contribution in [0.1, 0.15) is 30.1 Å². The summed E-state index contributed by atoms with van der Waals surface area (Å²) in [7, 11) is 0. The minimum absolute atomic E-state index is 0.132. The van der Waals surface area contributed by atoms with Crippen LogP contribution in [0.2, 0.25) is 10.0 Å². The van der Waals surface area contributed by atoms with Gasteiger partial charge in [0.15, 0.2) is 0 Å². The molecule has 0 radical (unpaired) electrons. The molecule has 3 rings (SSSR count). The Morgan fingerprint density at radius 2 is 1.69 bits per heavy atom. The average molecular weight is 434 g/mol. The molecule has 0 aromatic heterocycles. The molecule has 2 aromatic carbocycles. The first kappa shape index (κ1) is 21.9. The molecule has 29 heavy (non-hydrogen) atoms. The molecule has 0 saturated carbocycles. The van der Waals surface area contributed by atoms with E-state index in [1.807, 2.05) is 53.4 Å². The molecular weight excluding hydrogens is 405 g/mol. The third-order valence-corrected chi connectivity index (χ3v) is 6.16. The molecule has 0 spiro atoms. The number of carbonyl (C=O) groups is 1. The standard InChI is InChI=1S/C23H29Cl2N3O/c1-2-12-28(23(29)19-8-4-3-5-9-19)14-7-13-26-15-17-27(18-16-26)21-11-6-10-20(24)22(21)25/h3-6,8-11H,2,7,12-18H2,1H3. The van der Waals surface area contributed by atoms with Gasteiger partial charge in [-0.15, -0.1) is 0 Å². The molecule has 6 heteroatoms. The van der Waals surface area contributed by atoms with Crippen LogP contribution in [0.5, 0.6) is 0 Å². The highest BCUT2D eigenvalue weighted by molar-refractivity contribution is 6.43. The molecule has 1 fully saturated rings. The number of benzene rings is 2. The quantitative estimate of drug-likeness (QED) is 0.581. The van der Waals surface area contributed by atoms with E-state index in [1.165, 1.54) is 0 Å². The number of amides is 1. The van der Waals surface area contributed by atoms with Crippen molar-refractivity contribution in [3.63, 3.8) is 0 Å². The molecule has 0 atom stereocenters. The molecule has 0 N–H and O–H groups in total. The van der Waals surface area contributed by atoms with Crippen molar-refractivity contribution in [2.45, 2.75) is 19.8 Å². The second-order valence-electron chi connectivity index (χ2n) is 7.41. The maximum Gasteiger partial charge on any atom is 0.253 e. The van der Waals surface area contributed by atoms with Crippen LogP contribution < -0.4 is 4.90 Å². The maximum atomic E-state index is 12.8. The van der Waals surface area contributed by atoms with E-state index in [2.05, 4.69) is 16.7 Å². The van der Waals surface area contributed by atoms with Gasteiger partial charge in [0.05, 0.1) is 15.7 Å². The summed E-state index contributed by atoms with van der Waals surface area (Å²) >= 11 is 12.5. The van der Waals surface area contributed by atoms with Gasteiger partial charge in [0.2, 0.25) is 0 Å². The summed E-state index contributed by atoms with van der Waals surface area (Å²) in [4.78, 5) is 19.5. The van der Waals surface area contributed by atoms with Crippen LogP contribution in [-0.2, 0) is 0 Å². The van der Waals surface area contributed by atoms with Crippen molar-refractivity contribution < 1.29 is 4.79 Å². The second kappa shape index (κ2) is 10.9. The van der Waals surface area contributed by atoms with Crippen molar-refractivity contribution in [1.82, 2.24) is 9.80 Å². The Morgan fingerprint density at radius 3 is 2.38 bits per heavy atom. The van der Waals surface area contributed by atoms with E-state index in [1.54, 1.807) is 0 Å². The molecule has 2 aromatic rings. The van der Waals surface area contributed by atoms with Crippen LogP contribution in [0.25, 0.3) is 0 Å². The number of nitrogens with zero attached hydrogens (tertiary/aromatic N) is 3.